The summed E-state index contributed by atoms with van der Waals surface area (Å²) in [6.45, 7) is 6.58. The fourth-order valence-corrected chi connectivity index (χ4v) is 4.41. The summed E-state index contributed by atoms with van der Waals surface area (Å²) in [5.74, 6) is 2.78. The van der Waals surface area contributed by atoms with E-state index in [0.717, 1.165) is 89.2 Å². The lowest BCUT2D eigenvalue weighted by atomic mass is 10.1. The molecule has 2 aromatic rings. The Morgan fingerprint density at radius 2 is 1.55 bits per heavy atom. The SMILES string of the molecule is N#Cc1cc2c(nc1N1CCN(c3cc(N4CCOCC4)ncn3)CC1)CCC2. The second kappa shape index (κ2) is 7.84. The number of pyridine rings is 1. The van der Waals surface area contributed by atoms with Gasteiger partial charge in [-0.3, -0.25) is 0 Å². The first-order chi connectivity index (χ1) is 14.3. The first-order valence-electron chi connectivity index (χ1n) is 10.4. The summed E-state index contributed by atoms with van der Waals surface area (Å²) in [7, 11) is 0. The summed E-state index contributed by atoms with van der Waals surface area (Å²) >= 11 is 0. The minimum absolute atomic E-state index is 0.704. The highest BCUT2D eigenvalue weighted by Crippen LogP contribution is 2.28. The van der Waals surface area contributed by atoms with Crippen molar-refractivity contribution >= 4 is 17.5 Å². The number of nitriles is 1. The number of hydrogen-bond donors (Lipinski definition) is 0. The Hall–Kier alpha value is -2.92. The standard InChI is InChI=1S/C21H25N7O/c22-14-17-12-16-2-1-3-18(16)25-21(17)28-6-4-26(5-7-28)19-13-20(24-15-23-19)27-8-10-29-11-9-27/h12-13,15H,1-11H2. The molecule has 0 amide bonds. The van der Waals surface area contributed by atoms with E-state index in [9.17, 15) is 5.26 Å². The summed E-state index contributed by atoms with van der Waals surface area (Å²) in [6.07, 6.45) is 4.87. The number of rotatable bonds is 3. The number of piperazine rings is 1. The van der Waals surface area contributed by atoms with Crippen molar-refractivity contribution in [3.63, 3.8) is 0 Å². The largest absolute Gasteiger partial charge is 0.378 e. The van der Waals surface area contributed by atoms with Gasteiger partial charge in [0.05, 0.1) is 18.8 Å². The molecule has 2 aliphatic heterocycles. The summed E-state index contributed by atoms with van der Waals surface area (Å²) in [5.41, 5.74) is 3.13. The fraction of sp³-hybridized carbons (Fsp3) is 0.524. The Kier molecular flexibility index (Phi) is 4.90. The molecule has 0 saturated carbocycles. The molecule has 150 valence electrons. The Labute approximate surface area is 170 Å². The molecule has 5 rings (SSSR count). The molecule has 0 N–H and O–H groups in total. The van der Waals surface area contributed by atoms with Crippen molar-refractivity contribution in [2.24, 2.45) is 0 Å². The van der Waals surface area contributed by atoms with Crippen LogP contribution in [0.1, 0.15) is 23.2 Å². The van der Waals surface area contributed by atoms with Crippen molar-refractivity contribution < 1.29 is 4.74 Å². The quantitative estimate of drug-likeness (QED) is 0.777. The number of morpholine rings is 1. The zero-order chi connectivity index (χ0) is 19.6. The molecule has 2 aromatic heterocycles. The first-order valence-corrected chi connectivity index (χ1v) is 10.4. The molecule has 0 aromatic carbocycles. The Bertz CT molecular complexity index is 927. The minimum atomic E-state index is 0.704. The Morgan fingerprint density at radius 3 is 2.28 bits per heavy atom. The number of fused-ring (bicyclic) bond motifs is 1. The van der Waals surface area contributed by atoms with E-state index in [1.54, 1.807) is 6.33 Å². The second-order valence-corrected chi connectivity index (χ2v) is 7.74. The summed E-state index contributed by atoms with van der Waals surface area (Å²) in [6, 6.07) is 6.49. The van der Waals surface area contributed by atoms with Gasteiger partial charge in [0.15, 0.2) is 0 Å². The molecular weight excluding hydrogens is 366 g/mol. The van der Waals surface area contributed by atoms with Gasteiger partial charge in [0.1, 0.15) is 29.9 Å². The number of aryl methyl sites for hydroxylation is 2. The van der Waals surface area contributed by atoms with Crippen molar-refractivity contribution in [2.75, 3.05) is 67.2 Å². The van der Waals surface area contributed by atoms with E-state index in [1.807, 2.05) is 0 Å². The summed E-state index contributed by atoms with van der Waals surface area (Å²) < 4.78 is 5.44. The Morgan fingerprint density at radius 1 is 0.862 bits per heavy atom. The van der Waals surface area contributed by atoms with Crippen LogP contribution in [0.3, 0.4) is 0 Å². The average Bonchev–Trinajstić information content (AvgIpc) is 3.26. The van der Waals surface area contributed by atoms with Gasteiger partial charge in [0.2, 0.25) is 0 Å². The van der Waals surface area contributed by atoms with Crippen LogP contribution < -0.4 is 14.7 Å². The van der Waals surface area contributed by atoms with E-state index in [1.165, 1.54) is 11.3 Å². The number of anilines is 3. The molecule has 29 heavy (non-hydrogen) atoms. The molecule has 8 nitrogen and oxygen atoms in total. The average molecular weight is 391 g/mol. The van der Waals surface area contributed by atoms with Gasteiger partial charge in [-0.05, 0) is 30.9 Å². The molecule has 0 unspecified atom stereocenters. The molecule has 0 bridgehead atoms. The molecule has 0 radical (unpaired) electrons. The van der Waals surface area contributed by atoms with Crippen LogP contribution in [-0.4, -0.2) is 67.4 Å². The molecule has 8 heteroatoms. The maximum Gasteiger partial charge on any atom is 0.146 e. The molecule has 0 spiro atoms. The van der Waals surface area contributed by atoms with Crippen LogP contribution in [0.5, 0.6) is 0 Å². The van der Waals surface area contributed by atoms with E-state index in [-0.39, 0.29) is 0 Å². The third-order valence-electron chi connectivity index (χ3n) is 6.03. The third kappa shape index (κ3) is 3.58. The Balaban J connectivity index is 1.29. The predicted octanol–water partition coefficient (Wildman–Crippen LogP) is 1.40. The monoisotopic (exact) mass is 391 g/mol. The van der Waals surface area contributed by atoms with Crippen LogP contribution in [0.15, 0.2) is 18.5 Å². The molecule has 3 aliphatic rings. The number of hydrogen-bond acceptors (Lipinski definition) is 8. The normalized spacial score (nSPS) is 19.2. The van der Waals surface area contributed by atoms with Gasteiger partial charge in [0.25, 0.3) is 0 Å². The summed E-state index contributed by atoms with van der Waals surface area (Å²) in [4.78, 5) is 20.6. The summed E-state index contributed by atoms with van der Waals surface area (Å²) in [5, 5.41) is 9.61. The van der Waals surface area contributed by atoms with Crippen LogP contribution >= 0.6 is 0 Å². The van der Waals surface area contributed by atoms with Crippen molar-refractivity contribution in [1.29, 1.82) is 5.26 Å². The molecule has 2 fully saturated rings. The third-order valence-corrected chi connectivity index (χ3v) is 6.03. The van der Waals surface area contributed by atoms with Gasteiger partial charge in [-0.2, -0.15) is 5.26 Å². The number of nitrogens with zero attached hydrogens (tertiary/aromatic N) is 7. The lowest BCUT2D eigenvalue weighted by molar-refractivity contribution is 0.122. The van der Waals surface area contributed by atoms with Crippen molar-refractivity contribution in [2.45, 2.75) is 19.3 Å². The zero-order valence-electron chi connectivity index (χ0n) is 16.5. The van der Waals surface area contributed by atoms with Crippen LogP contribution in [0.4, 0.5) is 17.5 Å². The molecular formula is C21H25N7O. The predicted molar refractivity (Wildman–Crippen MR) is 110 cm³/mol. The molecule has 2 saturated heterocycles. The van der Waals surface area contributed by atoms with Gasteiger partial charge < -0.3 is 19.4 Å². The van der Waals surface area contributed by atoms with E-state index in [0.29, 0.717) is 5.56 Å². The molecule has 4 heterocycles. The van der Waals surface area contributed by atoms with Gasteiger partial charge in [-0.25, -0.2) is 15.0 Å². The van der Waals surface area contributed by atoms with Gasteiger partial charge in [0, 0.05) is 51.0 Å². The van der Waals surface area contributed by atoms with E-state index in [4.69, 9.17) is 9.72 Å². The highest BCUT2D eigenvalue weighted by Gasteiger charge is 2.24. The maximum absolute atomic E-state index is 9.61. The van der Waals surface area contributed by atoms with Crippen LogP contribution in [0, 0.1) is 11.3 Å². The van der Waals surface area contributed by atoms with Crippen molar-refractivity contribution in [3.05, 3.63) is 35.3 Å². The van der Waals surface area contributed by atoms with Crippen molar-refractivity contribution in [3.8, 4) is 6.07 Å². The molecule has 0 atom stereocenters. The van der Waals surface area contributed by atoms with Gasteiger partial charge in [-0.1, -0.05) is 0 Å². The fourth-order valence-electron chi connectivity index (χ4n) is 4.41. The van der Waals surface area contributed by atoms with Gasteiger partial charge >= 0.3 is 0 Å². The molecule has 1 aliphatic carbocycles. The highest BCUT2D eigenvalue weighted by atomic mass is 16.5. The maximum atomic E-state index is 9.61. The minimum Gasteiger partial charge on any atom is -0.378 e. The van der Waals surface area contributed by atoms with E-state index < -0.39 is 0 Å². The number of ether oxygens (including phenoxy) is 1. The number of aromatic nitrogens is 3. The van der Waals surface area contributed by atoms with Crippen LogP contribution in [-0.2, 0) is 17.6 Å². The smallest absolute Gasteiger partial charge is 0.146 e. The van der Waals surface area contributed by atoms with Crippen molar-refractivity contribution in [1.82, 2.24) is 15.0 Å². The second-order valence-electron chi connectivity index (χ2n) is 7.74. The topological polar surface area (TPSA) is 81.4 Å². The van der Waals surface area contributed by atoms with Crippen LogP contribution in [0.2, 0.25) is 0 Å². The lowest BCUT2D eigenvalue weighted by Crippen LogP contribution is -2.47. The van der Waals surface area contributed by atoms with Crippen LogP contribution in [0.25, 0.3) is 0 Å². The van der Waals surface area contributed by atoms with E-state index >= 15 is 0 Å². The lowest BCUT2D eigenvalue weighted by Gasteiger charge is -2.37. The first kappa shape index (κ1) is 18.1. The highest BCUT2D eigenvalue weighted by molar-refractivity contribution is 5.58. The zero-order valence-corrected chi connectivity index (χ0v) is 16.5. The van der Waals surface area contributed by atoms with Gasteiger partial charge in [-0.15, -0.1) is 0 Å². The van der Waals surface area contributed by atoms with E-state index in [2.05, 4.69) is 42.9 Å².